The van der Waals surface area contributed by atoms with Crippen molar-refractivity contribution in [2.24, 2.45) is 0 Å². The molecule has 2 aliphatic rings. The molecule has 0 aliphatic carbocycles. The highest BCUT2D eigenvalue weighted by molar-refractivity contribution is 8.04. The number of para-hydroxylation sites is 1. The van der Waals surface area contributed by atoms with Crippen molar-refractivity contribution in [2.45, 2.75) is 11.8 Å². The van der Waals surface area contributed by atoms with Crippen molar-refractivity contribution >= 4 is 46.9 Å². The van der Waals surface area contributed by atoms with Gasteiger partial charge in [0.05, 0.1) is 10.6 Å². The van der Waals surface area contributed by atoms with Gasteiger partial charge in [-0.15, -0.1) is 0 Å². The number of nitrogens with zero attached hydrogens (tertiary/aromatic N) is 3. The van der Waals surface area contributed by atoms with E-state index in [1.807, 2.05) is 53.4 Å². The SMILES string of the molecule is CCN1CCN(C(=O)CN2C(=O)C(=Cc3cccc(Cl)c3)Sc3ccccc32)CC1. The molecule has 2 amide bonds. The number of benzene rings is 2. The summed E-state index contributed by atoms with van der Waals surface area (Å²) >= 11 is 7.53. The van der Waals surface area contributed by atoms with Gasteiger partial charge in [-0.3, -0.25) is 14.5 Å². The van der Waals surface area contributed by atoms with Crippen molar-refractivity contribution in [3.8, 4) is 0 Å². The number of amides is 2. The van der Waals surface area contributed by atoms with Gasteiger partial charge < -0.3 is 9.80 Å². The highest BCUT2D eigenvalue weighted by Gasteiger charge is 2.32. The second-order valence-corrected chi connectivity index (χ2v) is 8.86. The molecule has 30 heavy (non-hydrogen) atoms. The summed E-state index contributed by atoms with van der Waals surface area (Å²) in [7, 11) is 0. The molecule has 0 radical (unpaired) electrons. The Balaban J connectivity index is 1.58. The van der Waals surface area contributed by atoms with Crippen molar-refractivity contribution in [2.75, 3.05) is 44.2 Å². The second kappa shape index (κ2) is 9.25. The number of likely N-dealkylation sites (N-methyl/N-ethyl adjacent to an activating group) is 1. The van der Waals surface area contributed by atoms with Gasteiger partial charge in [0.2, 0.25) is 5.91 Å². The summed E-state index contributed by atoms with van der Waals surface area (Å²) in [5.74, 6) is -0.165. The topological polar surface area (TPSA) is 43.9 Å². The van der Waals surface area contributed by atoms with Gasteiger partial charge in [-0.2, -0.15) is 0 Å². The summed E-state index contributed by atoms with van der Waals surface area (Å²) in [4.78, 5) is 33.7. The minimum absolute atomic E-state index is 0.0112. The number of halogens is 1. The van der Waals surface area contributed by atoms with Crippen molar-refractivity contribution in [3.63, 3.8) is 0 Å². The molecule has 156 valence electrons. The molecule has 0 saturated carbocycles. The monoisotopic (exact) mass is 441 g/mol. The van der Waals surface area contributed by atoms with E-state index >= 15 is 0 Å². The first kappa shape index (κ1) is 21.0. The van der Waals surface area contributed by atoms with Gasteiger partial charge in [-0.05, 0) is 42.4 Å². The molecule has 2 aromatic rings. The van der Waals surface area contributed by atoms with Gasteiger partial charge in [-0.1, -0.05) is 54.6 Å². The van der Waals surface area contributed by atoms with Crippen LogP contribution in [0.5, 0.6) is 0 Å². The van der Waals surface area contributed by atoms with E-state index in [4.69, 9.17) is 11.6 Å². The fourth-order valence-electron chi connectivity index (χ4n) is 3.72. The number of rotatable bonds is 4. The van der Waals surface area contributed by atoms with Crippen LogP contribution in [0.15, 0.2) is 58.3 Å². The zero-order valence-electron chi connectivity index (χ0n) is 16.9. The Bertz CT molecular complexity index is 986. The van der Waals surface area contributed by atoms with Crippen LogP contribution >= 0.6 is 23.4 Å². The van der Waals surface area contributed by atoms with Crippen molar-refractivity contribution < 1.29 is 9.59 Å². The fraction of sp³-hybridized carbons (Fsp3) is 0.304. The quantitative estimate of drug-likeness (QED) is 0.673. The molecule has 4 rings (SSSR count). The van der Waals surface area contributed by atoms with E-state index in [9.17, 15) is 9.59 Å². The lowest BCUT2D eigenvalue weighted by molar-refractivity contribution is -0.132. The van der Waals surface area contributed by atoms with Crippen LogP contribution < -0.4 is 4.90 Å². The molecule has 2 heterocycles. The summed E-state index contributed by atoms with van der Waals surface area (Å²) in [6.45, 7) is 6.34. The van der Waals surface area contributed by atoms with E-state index in [0.29, 0.717) is 23.0 Å². The van der Waals surface area contributed by atoms with Crippen LogP contribution in [0.4, 0.5) is 5.69 Å². The number of carbonyl (C=O) groups excluding carboxylic acids is 2. The Kier molecular flexibility index (Phi) is 6.46. The number of hydrogen-bond donors (Lipinski definition) is 0. The minimum Gasteiger partial charge on any atom is -0.339 e. The zero-order chi connectivity index (χ0) is 21.1. The largest absolute Gasteiger partial charge is 0.339 e. The standard InChI is InChI=1S/C23H24ClN3O2S/c1-2-25-10-12-26(13-11-25)22(28)16-27-19-8-3-4-9-20(19)30-21(23(27)29)15-17-6-5-7-18(24)14-17/h3-9,14-15H,2,10-13,16H2,1H3. The summed E-state index contributed by atoms with van der Waals surface area (Å²) < 4.78 is 0. The van der Waals surface area contributed by atoms with Crippen LogP contribution in [-0.4, -0.2) is 60.9 Å². The first-order chi connectivity index (χ1) is 14.5. The number of piperazine rings is 1. The van der Waals surface area contributed by atoms with E-state index in [0.717, 1.165) is 35.8 Å². The third-order valence-corrected chi connectivity index (χ3v) is 6.76. The highest BCUT2D eigenvalue weighted by atomic mass is 35.5. The van der Waals surface area contributed by atoms with E-state index in [-0.39, 0.29) is 18.4 Å². The Morgan fingerprint density at radius 1 is 1.10 bits per heavy atom. The maximum atomic E-state index is 13.3. The molecule has 0 unspecified atom stereocenters. The van der Waals surface area contributed by atoms with Gasteiger partial charge in [-0.25, -0.2) is 0 Å². The third kappa shape index (κ3) is 4.56. The van der Waals surface area contributed by atoms with Crippen LogP contribution in [0.1, 0.15) is 12.5 Å². The Morgan fingerprint density at radius 2 is 1.87 bits per heavy atom. The molecular weight excluding hydrogens is 418 g/mol. The van der Waals surface area contributed by atoms with Crippen LogP contribution in [0.2, 0.25) is 5.02 Å². The van der Waals surface area contributed by atoms with Gasteiger partial charge in [0.15, 0.2) is 0 Å². The van der Waals surface area contributed by atoms with E-state index < -0.39 is 0 Å². The predicted octanol–water partition coefficient (Wildman–Crippen LogP) is 3.98. The fourth-order valence-corrected chi connectivity index (χ4v) is 4.97. The average molecular weight is 442 g/mol. The lowest BCUT2D eigenvalue weighted by Gasteiger charge is -2.36. The van der Waals surface area contributed by atoms with Gasteiger partial charge in [0.1, 0.15) is 6.54 Å². The smallest absolute Gasteiger partial charge is 0.265 e. The van der Waals surface area contributed by atoms with Crippen molar-refractivity contribution in [1.29, 1.82) is 0 Å². The summed E-state index contributed by atoms with van der Waals surface area (Å²) in [5, 5.41) is 0.622. The summed E-state index contributed by atoms with van der Waals surface area (Å²) in [6.07, 6.45) is 1.84. The number of anilines is 1. The average Bonchev–Trinajstić information content (AvgIpc) is 2.76. The van der Waals surface area contributed by atoms with E-state index in [1.165, 1.54) is 11.8 Å². The van der Waals surface area contributed by atoms with Crippen LogP contribution in [-0.2, 0) is 9.59 Å². The van der Waals surface area contributed by atoms with Crippen molar-refractivity contribution in [3.05, 3.63) is 64.0 Å². The minimum atomic E-state index is -0.154. The molecule has 0 aromatic heterocycles. The lowest BCUT2D eigenvalue weighted by Crippen LogP contribution is -2.52. The molecule has 1 saturated heterocycles. The lowest BCUT2D eigenvalue weighted by atomic mass is 10.2. The number of hydrogen-bond acceptors (Lipinski definition) is 4. The zero-order valence-corrected chi connectivity index (χ0v) is 18.5. The number of carbonyl (C=O) groups is 2. The van der Waals surface area contributed by atoms with Crippen LogP contribution in [0, 0.1) is 0 Å². The molecular formula is C23H24ClN3O2S. The molecule has 0 bridgehead atoms. The molecule has 0 spiro atoms. The normalized spacial score (nSPS) is 18.6. The molecule has 0 N–H and O–H groups in total. The molecule has 7 heteroatoms. The van der Waals surface area contributed by atoms with Crippen molar-refractivity contribution in [1.82, 2.24) is 9.80 Å². The summed E-state index contributed by atoms with van der Waals surface area (Å²) in [5.41, 5.74) is 1.65. The molecule has 0 atom stereocenters. The molecule has 2 aromatic carbocycles. The highest BCUT2D eigenvalue weighted by Crippen LogP contribution is 2.42. The van der Waals surface area contributed by atoms with E-state index in [1.54, 1.807) is 11.0 Å². The first-order valence-corrected chi connectivity index (χ1v) is 11.3. The maximum absolute atomic E-state index is 13.3. The molecule has 1 fully saturated rings. The van der Waals surface area contributed by atoms with Crippen LogP contribution in [0.25, 0.3) is 6.08 Å². The second-order valence-electron chi connectivity index (χ2n) is 7.34. The van der Waals surface area contributed by atoms with Gasteiger partial charge in [0, 0.05) is 36.1 Å². The Morgan fingerprint density at radius 3 is 2.60 bits per heavy atom. The van der Waals surface area contributed by atoms with Gasteiger partial charge in [0.25, 0.3) is 5.91 Å². The van der Waals surface area contributed by atoms with E-state index in [2.05, 4.69) is 11.8 Å². The van der Waals surface area contributed by atoms with Crippen LogP contribution in [0.3, 0.4) is 0 Å². The Labute approximate surface area is 186 Å². The molecule has 2 aliphatic heterocycles. The predicted molar refractivity (Wildman–Crippen MR) is 123 cm³/mol. The maximum Gasteiger partial charge on any atom is 0.265 e. The van der Waals surface area contributed by atoms with Gasteiger partial charge >= 0.3 is 0 Å². The number of fused-ring (bicyclic) bond motifs is 1. The summed E-state index contributed by atoms with van der Waals surface area (Å²) in [6, 6.07) is 15.1. The first-order valence-electron chi connectivity index (χ1n) is 10.1. The Hall–Kier alpha value is -2.28. The molecule has 5 nitrogen and oxygen atoms in total. The number of thioether (sulfide) groups is 1. The third-order valence-electron chi connectivity index (χ3n) is 5.44.